The molecule has 1 N–H and O–H groups in total. The summed E-state index contributed by atoms with van der Waals surface area (Å²) in [6.45, 7) is 1.38. The van der Waals surface area contributed by atoms with Crippen molar-refractivity contribution in [3.63, 3.8) is 0 Å². The molecular formula is C14H17NO3S. The third-order valence-electron chi connectivity index (χ3n) is 4.27. The van der Waals surface area contributed by atoms with E-state index in [1.165, 1.54) is 10.4 Å². The Kier molecular flexibility index (Phi) is 3.31. The first-order valence-corrected chi connectivity index (χ1v) is 7.61. The van der Waals surface area contributed by atoms with Gasteiger partial charge in [-0.2, -0.15) is 0 Å². The summed E-state index contributed by atoms with van der Waals surface area (Å²) in [5.41, 5.74) is 1.23. The van der Waals surface area contributed by atoms with Gasteiger partial charge in [0.15, 0.2) is 0 Å². The first-order chi connectivity index (χ1) is 9.16. The Morgan fingerprint density at radius 1 is 1.32 bits per heavy atom. The average molecular weight is 279 g/mol. The number of fused-ring (bicyclic) bond motifs is 1. The van der Waals surface area contributed by atoms with Crippen LogP contribution in [0, 0.1) is 11.8 Å². The highest BCUT2D eigenvalue weighted by molar-refractivity contribution is 7.10. The molecule has 1 saturated carbocycles. The summed E-state index contributed by atoms with van der Waals surface area (Å²) in [6, 6.07) is 2.07. The van der Waals surface area contributed by atoms with E-state index in [0.717, 1.165) is 25.8 Å². The zero-order valence-electron chi connectivity index (χ0n) is 10.7. The molecule has 1 fully saturated rings. The van der Waals surface area contributed by atoms with Crippen molar-refractivity contribution >= 4 is 23.2 Å². The molecule has 0 radical (unpaired) electrons. The minimum atomic E-state index is -0.816. The molecule has 1 aliphatic carbocycles. The maximum Gasteiger partial charge on any atom is 0.307 e. The fourth-order valence-corrected chi connectivity index (χ4v) is 4.11. The Balaban J connectivity index is 1.73. The normalized spacial score (nSPS) is 26.2. The monoisotopic (exact) mass is 279 g/mol. The number of aliphatic carboxylic acids is 1. The van der Waals surface area contributed by atoms with E-state index in [9.17, 15) is 14.7 Å². The van der Waals surface area contributed by atoms with Crippen molar-refractivity contribution in [2.24, 2.45) is 11.8 Å². The zero-order valence-corrected chi connectivity index (χ0v) is 11.5. The number of carboxylic acids is 1. The summed E-state index contributed by atoms with van der Waals surface area (Å²) < 4.78 is 0. The first-order valence-electron chi connectivity index (χ1n) is 6.73. The fraction of sp³-hybridized carbons (Fsp3) is 0.571. The standard InChI is InChI=1S/C14H17NO3S/c16-13(10-2-1-3-11(10)14(17)18)15-6-4-12-9(8-15)5-7-19-12/h5,7,10-11H,1-4,6,8H2,(H,17,18)/t10-,11+/m1/s1. The molecule has 0 saturated heterocycles. The van der Waals surface area contributed by atoms with Crippen LogP contribution in [0.2, 0.25) is 0 Å². The molecule has 5 heteroatoms. The summed E-state index contributed by atoms with van der Waals surface area (Å²) in [6.07, 6.45) is 3.13. The van der Waals surface area contributed by atoms with Gasteiger partial charge >= 0.3 is 5.97 Å². The van der Waals surface area contributed by atoms with Gasteiger partial charge in [0.25, 0.3) is 0 Å². The van der Waals surface area contributed by atoms with E-state index in [1.807, 2.05) is 4.90 Å². The van der Waals surface area contributed by atoms with Crippen molar-refractivity contribution in [1.29, 1.82) is 0 Å². The topological polar surface area (TPSA) is 57.6 Å². The van der Waals surface area contributed by atoms with E-state index >= 15 is 0 Å². The van der Waals surface area contributed by atoms with Crippen LogP contribution in [0.5, 0.6) is 0 Å². The number of thiophene rings is 1. The first kappa shape index (κ1) is 12.7. The van der Waals surface area contributed by atoms with Crippen molar-refractivity contribution < 1.29 is 14.7 Å². The number of rotatable bonds is 2. The van der Waals surface area contributed by atoms with Crippen LogP contribution in [-0.2, 0) is 22.6 Å². The molecule has 0 aromatic carbocycles. The largest absolute Gasteiger partial charge is 0.481 e. The van der Waals surface area contributed by atoms with Gasteiger partial charge < -0.3 is 10.0 Å². The van der Waals surface area contributed by atoms with Gasteiger partial charge in [-0.25, -0.2) is 0 Å². The van der Waals surface area contributed by atoms with E-state index in [-0.39, 0.29) is 11.8 Å². The van der Waals surface area contributed by atoms with Gasteiger partial charge in [-0.15, -0.1) is 11.3 Å². The maximum atomic E-state index is 12.5. The van der Waals surface area contributed by atoms with Crippen molar-refractivity contribution in [2.45, 2.75) is 32.2 Å². The van der Waals surface area contributed by atoms with Crippen LogP contribution in [0.25, 0.3) is 0 Å². The molecule has 2 atom stereocenters. The highest BCUT2D eigenvalue weighted by atomic mass is 32.1. The zero-order chi connectivity index (χ0) is 13.4. The molecule has 2 heterocycles. The quantitative estimate of drug-likeness (QED) is 0.902. The third-order valence-corrected chi connectivity index (χ3v) is 5.29. The lowest BCUT2D eigenvalue weighted by molar-refractivity contribution is -0.149. The van der Waals surface area contributed by atoms with E-state index in [1.54, 1.807) is 11.3 Å². The third kappa shape index (κ3) is 2.27. The van der Waals surface area contributed by atoms with Crippen LogP contribution in [0.1, 0.15) is 29.7 Å². The molecule has 102 valence electrons. The second-order valence-corrected chi connectivity index (χ2v) is 6.36. The molecule has 1 aromatic heterocycles. The average Bonchev–Trinajstić information content (AvgIpc) is 3.05. The molecule has 4 nitrogen and oxygen atoms in total. The molecule has 1 aliphatic heterocycles. The van der Waals surface area contributed by atoms with Gasteiger partial charge in [-0.3, -0.25) is 9.59 Å². The Hall–Kier alpha value is -1.36. The fourth-order valence-electron chi connectivity index (χ4n) is 3.22. The smallest absolute Gasteiger partial charge is 0.307 e. The molecule has 3 rings (SSSR count). The molecule has 0 spiro atoms. The number of carbonyl (C=O) groups excluding carboxylic acids is 1. The molecule has 19 heavy (non-hydrogen) atoms. The number of amides is 1. The molecule has 0 unspecified atom stereocenters. The molecule has 1 amide bonds. The van der Waals surface area contributed by atoms with E-state index in [2.05, 4.69) is 11.4 Å². The second kappa shape index (κ2) is 4.96. The molecule has 2 aliphatic rings. The SMILES string of the molecule is O=C(O)[C@H]1CCC[C@H]1C(=O)N1CCc2sccc2C1. The Labute approximate surface area is 116 Å². The van der Waals surface area contributed by atoms with Crippen molar-refractivity contribution in [3.05, 3.63) is 21.9 Å². The predicted molar refractivity (Wildman–Crippen MR) is 71.9 cm³/mol. The number of hydrogen-bond donors (Lipinski definition) is 1. The predicted octanol–water partition coefficient (Wildman–Crippen LogP) is 2.13. The summed E-state index contributed by atoms with van der Waals surface area (Å²) in [5.74, 6) is -1.56. The Morgan fingerprint density at radius 3 is 2.89 bits per heavy atom. The number of nitrogens with zero attached hydrogens (tertiary/aromatic N) is 1. The Bertz CT molecular complexity index is 511. The maximum absolute atomic E-state index is 12.5. The number of hydrogen-bond acceptors (Lipinski definition) is 3. The lowest BCUT2D eigenvalue weighted by Gasteiger charge is -2.30. The van der Waals surface area contributed by atoms with Crippen molar-refractivity contribution in [3.8, 4) is 0 Å². The van der Waals surface area contributed by atoms with E-state index in [0.29, 0.717) is 13.0 Å². The van der Waals surface area contributed by atoms with E-state index in [4.69, 9.17) is 0 Å². The van der Waals surface area contributed by atoms with Gasteiger partial charge in [0.1, 0.15) is 0 Å². The van der Waals surface area contributed by atoms with Crippen molar-refractivity contribution in [2.75, 3.05) is 6.54 Å². The van der Waals surface area contributed by atoms with Gasteiger partial charge in [0.05, 0.1) is 11.8 Å². The summed E-state index contributed by atoms with van der Waals surface area (Å²) in [7, 11) is 0. The van der Waals surface area contributed by atoms with Crippen LogP contribution >= 0.6 is 11.3 Å². The summed E-state index contributed by atoms with van der Waals surface area (Å²) in [4.78, 5) is 26.9. The number of carboxylic acid groups (broad SMARTS) is 1. The van der Waals surface area contributed by atoms with Gasteiger partial charge in [-0.05, 0) is 36.3 Å². The van der Waals surface area contributed by atoms with Crippen LogP contribution in [0.15, 0.2) is 11.4 Å². The highest BCUT2D eigenvalue weighted by Crippen LogP contribution is 2.35. The summed E-state index contributed by atoms with van der Waals surface area (Å²) in [5, 5.41) is 11.3. The van der Waals surface area contributed by atoms with E-state index < -0.39 is 11.9 Å². The van der Waals surface area contributed by atoms with Crippen LogP contribution in [0.3, 0.4) is 0 Å². The lowest BCUT2D eigenvalue weighted by atomic mass is 9.94. The minimum absolute atomic E-state index is 0.0433. The van der Waals surface area contributed by atoms with Crippen LogP contribution in [0.4, 0.5) is 0 Å². The Morgan fingerprint density at radius 2 is 2.11 bits per heavy atom. The second-order valence-electron chi connectivity index (χ2n) is 5.36. The van der Waals surface area contributed by atoms with Gasteiger partial charge in [0.2, 0.25) is 5.91 Å². The van der Waals surface area contributed by atoms with Gasteiger partial charge in [-0.1, -0.05) is 6.42 Å². The van der Waals surface area contributed by atoms with Gasteiger partial charge in [0, 0.05) is 18.0 Å². The van der Waals surface area contributed by atoms with Crippen LogP contribution in [-0.4, -0.2) is 28.4 Å². The summed E-state index contributed by atoms with van der Waals surface area (Å²) >= 11 is 1.74. The lowest BCUT2D eigenvalue weighted by Crippen LogP contribution is -2.41. The molecule has 1 aromatic rings. The molecule has 0 bridgehead atoms. The minimum Gasteiger partial charge on any atom is -0.481 e. The highest BCUT2D eigenvalue weighted by Gasteiger charge is 2.40. The van der Waals surface area contributed by atoms with Crippen molar-refractivity contribution in [1.82, 2.24) is 4.90 Å². The van der Waals surface area contributed by atoms with Crippen LogP contribution < -0.4 is 0 Å². The molecular weight excluding hydrogens is 262 g/mol. The number of carbonyl (C=O) groups is 2.